The maximum Gasteiger partial charge on any atom is 0.195 e. The number of rotatable bonds is 3. The highest BCUT2D eigenvalue weighted by molar-refractivity contribution is 7.71. The normalized spacial score (nSPS) is 10.9. The Labute approximate surface area is 112 Å². The molecular formula is C13H17N3OS. The fraction of sp³-hybridized carbons (Fsp3) is 0.385. The summed E-state index contributed by atoms with van der Waals surface area (Å²) in [5.41, 5.74) is 2.12. The van der Waals surface area contributed by atoms with Crippen LogP contribution in [0, 0.1) is 11.7 Å². The minimum Gasteiger partial charge on any atom is -0.496 e. The van der Waals surface area contributed by atoms with Crippen LogP contribution in [0.15, 0.2) is 18.2 Å². The van der Waals surface area contributed by atoms with Crippen molar-refractivity contribution in [2.75, 3.05) is 7.11 Å². The number of nitrogens with zero attached hydrogens (tertiary/aromatic N) is 2. The number of methoxy groups -OCH3 is 1. The molecule has 1 heterocycles. The fourth-order valence-corrected chi connectivity index (χ4v) is 2.31. The van der Waals surface area contributed by atoms with Gasteiger partial charge in [-0.3, -0.25) is 9.67 Å². The molecule has 0 amide bonds. The summed E-state index contributed by atoms with van der Waals surface area (Å²) in [6.07, 6.45) is 0. The molecule has 4 nitrogen and oxygen atoms in total. The first-order valence-corrected chi connectivity index (χ1v) is 6.27. The van der Waals surface area contributed by atoms with Crippen molar-refractivity contribution in [3.8, 4) is 17.1 Å². The van der Waals surface area contributed by atoms with Gasteiger partial charge in [0.1, 0.15) is 5.75 Å². The Morgan fingerprint density at radius 3 is 2.72 bits per heavy atom. The molecule has 18 heavy (non-hydrogen) atoms. The summed E-state index contributed by atoms with van der Waals surface area (Å²) in [4.78, 5) is 0. The lowest BCUT2D eigenvalue weighted by atomic mass is 10.1. The molecule has 0 aliphatic rings. The van der Waals surface area contributed by atoms with Crippen LogP contribution in [0.5, 0.6) is 5.75 Å². The van der Waals surface area contributed by atoms with Gasteiger partial charge in [-0.05, 0) is 45.1 Å². The molecule has 2 aromatic rings. The zero-order valence-corrected chi connectivity index (χ0v) is 11.8. The Morgan fingerprint density at radius 1 is 1.39 bits per heavy atom. The van der Waals surface area contributed by atoms with Crippen molar-refractivity contribution >= 4 is 12.2 Å². The maximum atomic E-state index is 5.40. The molecule has 5 heteroatoms. The Morgan fingerprint density at radius 2 is 2.11 bits per heavy atom. The van der Waals surface area contributed by atoms with Gasteiger partial charge in [-0.2, -0.15) is 5.10 Å². The molecular weight excluding hydrogens is 246 g/mol. The summed E-state index contributed by atoms with van der Waals surface area (Å²) >= 11 is 5.27. The van der Waals surface area contributed by atoms with Gasteiger partial charge in [0.2, 0.25) is 0 Å². The van der Waals surface area contributed by atoms with Gasteiger partial charge >= 0.3 is 0 Å². The van der Waals surface area contributed by atoms with E-state index < -0.39 is 0 Å². The van der Waals surface area contributed by atoms with Crippen molar-refractivity contribution in [1.82, 2.24) is 14.8 Å². The van der Waals surface area contributed by atoms with Crippen molar-refractivity contribution in [1.29, 1.82) is 0 Å². The molecule has 0 saturated heterocycles. The van der Waals surface area contributed by atoms with Crippen molar-refractivity contribution in [2.24, 2.45) is 0 Å². The summed E-state index contributed by atoms with van der Waals surface area (Å²) in [5.74, 6) is 1.62. The zero-order chi connectivity index (χ0) is 13.3. The maximum absolute atomic E-state index is 5.40. The van der Waals surface area contributed by atoms with Crippen molar-refractivity contribution in [2.45, 2.75) is 26.8 Å². The van der Waals surface area contributed by atoms with Crippen LogP contribution in [0.25, 0.3) is 11.4 Å². The topological polar surface area (TPSA) is 42.8 Å². The van der Waals surface area contributed by atoms with Crippen LogP contribution in [0.3, 0.4) is 0 Å². The van der Waals surface area contributed by atoms with E-state index >= 15 is 0 Å². The number of hydrogen-bond donors (Lipinski definition) is 1. The number of H-pyrrole nitrogens is 1. The first-order valence-electron chi connectivity index (χ1n) is 5.86. The van der Waals surface area contributed by atoms with Gasteiger partial charge in [0.05, 0.1) is 12.7 Å². The van der Waals surface area contributed by atoms with Crippen LogP contribution >= 0.6 is 12.2 Å². The van der Waals surface area contributed by atoms with Gasteiger partial charge < -0.3 is 4.74 Å². The Bertz CT molecular complexity index is 613. The molecule has 0 saturated carbocycles. The lowest BCUT2D eigenvalue weighted by molar-refractivity contribution is 0.415. The summed E-state index contributed by atoms with van der Waals surface area (Å²) in [5, 5.41) is 7.17. The molecule has 0 bridgehead atoms. The predicted octanol–water partition coefficient (Wildman–Crippen LogP) is 3.51. The van der Waals surface area contributed by atoms with E-state index in [1.54, 1.807) is 7.11 Å². The number of aromatic amines is 1. The Kier molecular flexibility index (Phi) is 3.52. The van der Waals surface area contributed by atoms with Crippen LogP contribution in [-0.2, 0) is 0 Å². The second-order valence-corrected chi connectivity index (χ2v) is 4.91. The van der Waals surface area contributed by atoms with E-state index in [4.69, 9.17) is 17.0 Å². The average Bonchev–Trinajstić information content (AvgIpc) is 2.71. The number of aryl methyl sites for hydroxylation is 1. The number of aromatic nitrogens is 3. The summed E-state index contributed by atoms with van der Waals surface area (Å²) in [6.45, 7) is 6.21. The third kappa shape index (κ3) is 2.18. The molecule has 0 aliphatic carbocycles. The molecule has 96 valence electrons. The first kappa shape index (κ1) is 12.8. The largest absolute Gasteiger partial charge is 0.496 e. The standard InChI is InChI=1S/C13H17N3OS/c1-8(2)16-12(14-15-13(16)18)10-7-9(3)5-6-11(10)17-4/h5-8H,1-4H3,(H,15,18). The lowest BCUT2D eigenvalue weighted by Gasteiger charge is -2.13. The van der Waals surface area contributed by atoms with Crippen molar-refractivity contribution in [3.63, 3.8) is 0 Å². The van der Waals surface area contributed by atoms with E-state index in [1.165, 1.54) is 0 Å². The molecule has 0 atom stereocenters. The molecule has 0 spiro atoms. The minimum atomic E-state index is 0.247. The van der Waals surface area contributed by atoms with E-state index in [0.717, 1.165) is 22.7 Å². The third-order valence-corrected chi connectivity index (χ3v) is 3.10. The first-order chi connectivity index (χ1) is 8.54. The number of ether oxygens (including phenoxy) is 1. The molecule has 0 aliphatic heterocycles. The van der Waals surface area contributed by atoms with Crippen LogP contribution in [0.2, 0.25) is 0 Å². The van der Waals surface area contributed by atoms with E-state index in [1.807, 2.05) is 23.6 Å². The molecule has 2 rings (SSSR count). The predicted molar refractivity (Wildman–Crippen MR) is 74.5 cm³/mol. The minimum absolute atomic E-state index is 0.247. The number of nitrogens with one attached hydrogen (secondary N) is 1. The van der Waals surface area contributed by atoms with E-state index in [0.29, 0.717) is 4.77 Å². The highest BCUT2D eigenvalue weighted by Gasteiger charge is 2.15. The van der Waals surface area contributed by atoms with Gasteiger partial charge in [-0.25, -0.2) is 0 Å². The highest BCUT2D eigenvalue weighted by Crippen LogP contribution is 2.30. The van der Waals surface area contributed by atoms with Gasteiger partial charge in [-0.15, -0.1) is 0 Å². The molecule has 0 fully saturated rings. The second-order valence-electron chi connectivity index (χ2n) is 4.52. The average molecular weight is 263 g/mol. The smallest absolute Gasteiger partial charge is 0.195 e. The quantitative estimate of drug-likeness (QED) is 0.862. The van der Waals surface area contributed by atoms with Crippen LogP contribution < -0.4 is 4.74 Å². The summed E-state index contributed by atoms with van der Waals surface area (Å²) in [7, 11) is 1.66. The molecule has 1 N–H and O–H groups in total. The van der Waals surface area contributed by atoms with Gasteiger partial charge in [0, 0.05) is 6.04 Å². The fourth-order valence-electron chi connectivity index (χ4n) is 1.97. The summed E-state index contributed by atoms with van der Waals surface area (Å²) < 4.78 is 8.02. The Hall–Kier alpha value is -1.62. The SMILES string of the molecule is COc1ccc(C)cc1-c1n[nH]c(=S)n1C(C)C. The van der Waals surface area contributed by atoms with E-state index in [2.05, 4.69) is 30.1 Å². The summed E-state index contributed by atoms with van der Waals surface area (Å²) in [6, 6.07) is 6.27. The lowest BCUT2D eigenvalue weighted by Crippen LogP contribution is -2.04. The van der Waals surface area contributed by atoms with Gasteiger partial charge in [0.15, 0.2) is 10.6 Å². The number of hydrogen-bond acceptors (Lipinski definition) is 3. The Balaban J connectivity index is 2.69. The highest BCUT2D eigenvalue weighted by atomic mass is 32.1. The molecule has 0 radical (unpaired) electrons. The van der Waals surface area contributed by atoms with Crippen LogP contribution in [0.1, 0.15) is 25.5 Å². The zero-order valence-electron chi connectivity index (χ0n) is 11.0. The van der Waals surface area contributed by atoms with E-state index in [-0.39, 0.29) is 6.04 Å². The molecule has 1 aromatic carbocycles. The van der Waals surface area contributed by atoms with Gasteiger partial charge in [-0.1, -0.05) is 11.6 Å². The van der Waals surface area contributed by atoms with Crippen molar-refractivity contribution in [3.05, 3.63) is 28.5 Å². The van der Waals surface area contributed by atoms with Crippen LogP contribution in [0.4, 0.5) is 0 Å². The molecule has 1 aromatic heterocycles. The van der Waals surface area contributed by atoms with Gasteiger partial charge in [0.25, 0.3) is 0 Å². The molecule has 0 unspecified atom stereocenters. The number of benzene rings is 1. The second kappa shape index (κ2) is 4.94. The monoisotopic (exact) mass is 263 g/mol. The van der Waals surface area contributed by atoms with Crippen LogP contribution in [-0.4, -0.2) is 21.9 Å². The van der Waals surface area contributed by atoms with Crippen molar-refractivity contribution < 1.29 is 4.74 Å². The third-order valence-electron chi connectivity index (χ3n) is 2.82. The van der Waals surface area contributed by atoms with E-state index in [9.17, 15) is 0 Å².